The van der Waals surface area contributed by atoms with Gasteiger partial charge in [0.1, 0.15) is 5.60 Å². The average molecular weight is 798 g/mol. The third-order valence-corrected chi connectivity index (χ3v) is 12.8. The molecule has 4 fully saturated rings. The second-order valence-electron chi connectivity index (χ2n) is 20.9. The lowest BCUT2D eigenvalue weighted by Gasteiger charge is -2.39. The van der Waals surface area contributed by atoms with E-state index >= 15 is 0 Å². The number of fused-ring (bicyclic) bond motifs is 3. The first kappa shape index (κ1) is 48.2. The van der Waals surface area contributed by atoms with E-state index in [9.17, 15) is 33.6 Å². The molecule has 3 saturated heterocycles. The third kappa shape index (κ3) is 14.0. The molecule has 0 aromatic carbocycles. The average Bonchev–Trinajstić information content (AvgIpc) is 3.39. The normalized spacial score (nSPS) is 27.5. The number of isocyanates is 1. The number of Topliss-reactive ketones (excluding diaryl/α,β-unsaturated/α-hetero) is 3. The Bertz CT molecular complexity index is 1500. The van der Waals surface area contributed by atoms with Crippen LogP contribution in [0.5, 0.6) is 0 Å². The van der Waals surface area contributed by atoms with Crippen LogP contribution in [0.4, 0.5) is 0 Å². The van der Waals surface area contributed by atoms with Gasteiger partial charge in [-0.05, 0) is 74.5 Å². The summed E-state index contributed by atoms with van der Waals surface area (Å²) in [6.45, 7) is 23.7. The summed E-state index contributed by atoms with van der Waals surface area (Å²) in [5.41, 5.74) is -0.716. The van der Waals surface area contributed by atoms with Gasteiger partial charge < -0.3 is 14.5 Å². The van der Waals surface area contributed by atoms with Crippen molar-refractivity contribution in [1.82, 2.24) is 9.80 Å². The molecule has 2 amide bonds. The fourth-order valence-corrected chi connectivity index (χ4v) is 9.09. The highest BCUT2D eigenvalue weighted by Gasteiger charge is 2.69. The minimum Gasteiger partial charge on any atom is -0.460 e. The van der Waals surface area contributed by atoms with Crippen molar-refractivity contribution in [2.75, 3.05) is 19.6 Å². The molecule has 6 atom stereocenters. The Morgan fingerprint density at radius 2 is 1.51 bits per heavy atom. The van der Waals surface area contributed by atoms with Crippen molar-refractivity contribution in [3.05, 3.63) is 0 Å². The van der Waals surface area contributed by atoms with Gasteiger partial charge in [0, 0.05) is 50.7 Å². The first-order valence-corrected chi connectivity index (χ1v) is 21.9. The van der Waals surface area contributed by atoms with Gasteiger partial charge in [-0.25, -0.2) is 9.79 Å². The zero-order chi connectivity index (χ0) is 42.9. The quantitative estimate of drug-likeness (QED) is 0.0981. The second kappa shape index (κ2) is 20.2. The molecule has 0 N–H and O–H groups in total. The number of nitrogens with zero attached hydrogens (tertiary/aromatic N) is 3. The van der Waals surface area contributed by atoms with Crippen molar-refractivity contribution in [3.8, 4) is 0 Å². The first-order chi connectivity index (χ1) is 26.4. The predicted octanol–water partition coefficient (Wildman–Crippen LogP) is 8.24. The zero-order valence-corrected chi connectivity index (χ0v) is 37.3. The molecule has 0 bridgehead atoms. The standard InChI is InChI=1S/C32H51NO6.C14H24N2O2/c1-7-15-24(34)29(37)21-16-13-11-9-8-10-12-14-17-22(19-26(36)39-31(2,3)4)30(38)33-20-23-27(32(23,5)6)28(33)25(35)18-21;1-13(2,3)11(15-10-17)9-16-7-6-14(4,5)8-12(16)18/h21-23,27-28H,7-20H2,1-6H3;11H,6-9H2,1-5H3/t21-,22-,23+,27+,28-;11-/m11/s1. The molecule has 0 unspecified atom stereocenters. The number of carbonyl (C=O) groups excluding carboxylic acids is 7. The molecule has 0 aromatic heterocycles. The van der Waals surface area contributed by atoms with Crippen LogP contribution in [0.1, 0.15) is 172 Å². The Morgan fingerprint density at radius 1 is 0.912 bits per heavy atom. The highest BCUT2D eigenvalue weighted by Crippen LogP contribution is 2.65. The van der Waals surface area contributed by atoms with E-state index in [2.05, 4.69) is 32.7 Å². The molecule has 4 aliphatic rings. The molecular weight excluding hydrogens is 723 g/mol. The van der Waals surface area contributed by atoms with Crippen molar-refractivity contribution in [2.45, 2.75) is 190 Å². The van der Waals surface area contributed by atoms with Gasteiger partial charge in [-0.3, -0.25) is 28.8 Å². The highest BCUT2D eigenvalue weighted by molar-refractivity contribution is 6.38. The van der Waals surface area contributed by atoms with E-state index < -0.39 is 29.3 Å². The lowest BCUT2D eigenvalue weighted by atomic mass is 9.81. The minimum atomic E-state index is -0.632. The molecule has 0 radical (unpaired) electrons. The van der Waals surface area contributed by atoms with Crippen molar-refractivity contribution in [1.29, 1.82) is 0 Å². The Balaban J connectivity index is 0.000000404. The van der Waals surface area contributed by atoms with Crippen LogP contribution in [-0.2, 0) is 38.3 Å². The fourth-order valence-electron chi connectivity index (χ4n) is 9.09. The number of esters is 1. The third-order valence-electron chi connectivity index (χ3n) is 12.8. The second-order valence-corrected chi connectivity index (χ2v) is 20.9. The Kier molecular flexibility index (Phi) is 17.0. The number of ether oxygens (including phenoxy) is 1. The van der Waals surface area contributed by atoms with Gasteiger partial charge in [-0.15, -0.1) is 0 Å². The van der Waals surface area contributed by atoms with Crippen LogP contribution in [0.25, 0.3) is 0 Å². The molecular formula is C46H75N3O8. The lowest BCUT2D eigenvalue weighted by molar-refractivity contribution is -0.159. The zero-order valence-electron chi connectivity index (χ0n) is 37.3. The number of hydrogen-bond acceptors (Lipinski definition) is 9. The molecule has 11 nitrogen and oxygen atoms in total. The highest BCUT2D eigenvalue weighted by atomic mass is 16.6. The van der Waals surface area contributed by atoms with E-state index in [-0.39, 0.29) is 82.7 Å². The van der Waals surface area contributed by atoms with Crippen molar-refractivity contribution in [3.63, 3.8) is 0 Å². The summed E-state index contributed by atoms with van der Waals surface area (Å²) >= 11 is 0. The van der Waals surface area contributed by atoms with Crippen LogP contribution in [0.15, 0.2) is 4.99 Å². The number of aliphatic imine (C=N–C) groups is 1. The Morgan fingerprint density at radius 3 is 2.05 bits per heavy atom. The molecule has 3 heterocycles. The molecule has 57 heavy (non-hydrogen) atoms. The number of likely N-dealkylation sites (tertiary alicyclic amines) is 1. The van der Waals surface area contributed by atoms with Gasteiger partial charge in [-0.2, -0.15) is 0 Å². The first-order valence-electron chi connectivity index (χ1n) is 21.9. The summed E-state index contributed by atoms with van der Waals surface area (Å²) in [7, 11) is 0. The summed E-state index contributed by atoms with van der Waals surface area (Å²) in [4.78, 5) is 96.3. The summed E-state index contributed by atoms with van der Waals surface area (Å²) in [6, 6.07) is -0.775. The van der Waals surface area contributed by atoms with E-state index in [1.54, 1.807) is 11.0 Å². The van der Waals surface area contributed by atoms with Gasteiger partial charge in [-0.1, -0.05) is 100 Å². The SMILES string of the molecule is CC1(C)CCN(C[C@@H](N=C=O)C(C)(C)C)C(=O)C1.CCCC(=O)C(=O)[C@@H]1CCCCCCCCC[C@H](CC(=O)OC(C)(C)C)C(=O)N2C[C@H]3[C@@H]([C@H]2C(=O)C1)C3(C)C. The van der Waals surface area contributed by atoms with E-state index in [4.69, 9.17) is 4.74 Å². The van der Waals surface area contributed by atoms with Crippen LogP contribution in [0.2, 0.25) is 0 Å². The van der Waals surface area contributed by atoms with E-state index in [1.807, 2.05) is 53.4 Å². The predicted molar refractivity (Wildman–Crippen MR) is 221 cm³/mol. The summed E-state index contributed by atoms with van der Waals surface area (Å²) in [6.07, 6.45) is 12.0. The number of amides is 2. The topological polar surface area (TPSA) is 148 Å². The van der Waals surface area contributed by atoms with Crippen molar-refractivity contribution in [2.24, 2.45) is 44.9 Å². The van der Waals surface area contributed by atoms with Crippen molar-refractivity contribution < 1.29 is 38.3 Å². The lowest BCUT2D eigenvalue weighted by Crippen LogP contribution is -2.49. The summed E-state index contributed by atoms with van der Waals surface area (Å²) in [5, 5.41) is 0. The molecule has 3 aliphatic heterocycles. The Hall–Kier alpha value is -3.20. The van der Waals surface area contributed by atoms with Gasteiger partial charge in [0.25, 0.3) is 0 Å². The number of carbonyl (C=O) groups is 6. The van der Waals surface area contributed by atoms with E-state index in [0.29, 0.717) is 38.8 Å². The molecule has 1 aliphatic carbocycles. The summed E-state index contributed by atoms with van der Waals surface area (Å²) < 4.78 is 5.56. The smallest absolute Gasteiger partial charge is 0.307 e. The number of piperidine rings is 2. The van der Waals surface area contributed by atoms with Gasteiger partial charge in [0.2, 0.25) is 23.7 Å². The van der Waals surface area contributed by atoms with Crippen LogP contribution >= 0.6 is 0 Å². The van der Waals surface area contributed by atoms with Crippen LogP contribution in [0, 0.1) is 39.9 Å². The molecule has 1 saturated carbocycles. The maximum atomic E-state index is 14.0. The van der Waals surface area contributed by atoms with E-state index in [1.165, 1.54) is 0 Å². The van der Waals surface area contributed by atoms with Gasteiger partial charge in [0.05, 0.1) is 18.5 Å². The van der Waals surface area contributed by atoms with Gasteiger partial charge >= 0.3 is 5.97 Å². The molecule has 322 valence electrons. The van der Waals surface area contributed by atoms with Gasteiger partial charge in [0.15, 0.2) is 11.6 Å². The van der Waals surface area contributed by atoms with Crippen LogP contribution < -0.4 is 0 Å². The van der Waals surface area contributed by atoms with Crippen LogP contribution in [0.3, 0.4) is 0 Å². The number of ketones is 3. The monoisotopic (exact) mass is 798 g/mol. The number of rotatable bonds is 9. The molecule has 0 spiro atoms. The Labute approximate surface area is 343 Å². The minimum absolute atomic E-state index is 0.0127. The fraction of sp³-hybridized carbons (Fsp3) is 0.848. The number of hydrogen-bond donors (Lipinski definition) is 0. The summed E-state index contributed by atoms with van der Waals surface area (Å²) in [5.74, 6) is -2.11. The molecule has 11 heteroatoms. The van der Waals surface area contributed by atoms with E-state index in [0.717, 1.165) is 57.9 Å². The van der Waals surface area contributed by atoms with Crippen LogP contribution in [-0.4, -0.2) is 88.3 Å². The van der Waals surface area contributed by atoms with Crippen molar-refractivity contribution >= 4 is 41.2 Å². The molecule has 0 aromatic rings. The molecule has 4 rings (SSSR count). The largest absolute Gasteiger partial charge is 0.460 e. The maximum Gasteiger partial charge on any atom is 0.307 e. The maximum absolute atomic E-state index is 14.0.